The molecule has 1 aromatic rings. The second kappa shape index (κ2) is 7.16. The molecule has 1 aromatic carbocycles. The standard InChI is InChI=1S/C13H17F2NO3/c1-3-16-11(7-12(17)19-2)13(18)9-6-8(14)4-5-10(9)15/h4-6,11,13,16,18H,3,7H2,1-2H3. The Balaban J connectivity index is 2.94. The van der Waals surface area contributed by atoms with E-state index in [4.69, 9.17) is 0 Å². The van der Waals surface area contributed by atoms with Gasteiger partial charge in [-0.15, -0.1) is 0 Å². The zero-order chi connectivity index (χ0) is 14.4. The fraction of sp³-hybridized carbons (Fsp3) is 0.462. The predicted molar refractivity (Wildman–Crippen MR) is 65.4 cm³/mol. The van der Waals surface area contributed by atoms with Gasteiger partial charge in [0, 0.05) is 11.6 Å². The minimum Gasteiger partial charge on any atom is -0.469 e. The summed E-state index contributed by atoms with van der Waals surface area (Å²) in [7, 11) is 1.22. The van der Waals surface area contributed by atoms with Crippen LogP contribution in [0.2, 0.25) is 0 Å². The van der Waals surface area contributed by atoms with E-state index in [0.717, 1.165) is 18.2 Å². The van der Waals surface area contributed by atoms with E-state index in [1.165, 1.54) is 7.11 Å². The molecule has 0 fully saturated rings. The van der Waals surface area contributed by atoms with E-state index < -0.39 is 29.7 Å². The molecule has 1 rings (SSSR count). The molecule has 0 radical (unpaired) electrons. The minimum absolute atomic E-state index is 0.137. The van der Waals surface area contributed by atoms with Crippen molar-refractivity contribution in [3.63, 3.8) is 0 Å². The second-order valence-corrected chi connectivity index (χ2v) is 4.06. The molecule has 0 aromatic heterocycles. The van der Waals surface area contributed by atoms with Crippen molar-refractivity contribution < 1.29 is 23.4 Å². The van der Waals surface area contributed by atoms with E-state index in [-0.39, 0.29) is 12.0 Å². The number of halogens is 2. The molecule has 0 saturated heterocycles. The molecule has 2 N–H and O–H groups in total. The molecule has 0 aliphatic carbocycles. The Morgan fingerprint density at radius 2 is 2.16 bits per heavy atom. The predicted octanol–water partition coefficient (Wildman–Crippen LogP) is 1.54. The average Bonchev–Trinajstić information content (AvgIpc) is 2.40. The molecule has 0 saturated carbocycles. The number of rotatable bonds is 6. The van der Waals surface area contributed by atoms with Crippen LogP contribution in [0, 0.1) is 11.6 Å². The van der Waals surface area contributed by atoms with Gasteiger partial charge in [-0.1, -0.05) is 6.92 Å². The fourth-order valence-corrected chi connectivity index (χ4v) is 1.78. The van der Waals surface area contributed by atoms with Crippen LogP contribution in [0.5, 0.6) is 0 Å². The number of likely N-dealkylation sites (N-methyl/N-ethyl adjacent to an activating group) is 1. The van der Waals surface area contributed by atoms with Gasteiger partial charge in [0.05, 0.1) is 19.6 Å². The zero-order valence-corrected chi connectivity index (χ0v) is 10.8. The minimum atomic E-state index is -1.34. The number of hydrogen-bond donors (Lipinski definition) is 2. The largest absolute Gasteiger partial charge is 0.469 e. The number of ether oxygens (including phenoxy) is 1. The van der Waals surface area contributed by atoms with Crippen molar-refractivity contribution in [1.29, 1.82) is 0 Å². The normalized spacial score (nSPS) is 13.9. The van der Waals surface area contributed by atoms with Gasteiger partial charge in [0.1, 0.15) is 11.6 Å². The molecule has 106 valence electrons. The first-order valence-corrected chi connectivity index (χ1v) is 5.92. The Morgan fingerprint density at radius 3 is 2.74 bits per heavy atom. The van der Waals surface area contributed by atoms with Gasteiger partial charge in [-0.3, -0.25) is 4.79 Å². The lowest BCUT2D eigenvalue weighted by Gasteiger charge is -2.23. The van der Waals surface area contributed by atoms with Gasteiger partial charge in [-0.05, 0) is 24.7 Å². The maximum atomic E-state index is 13.6. The highest BCUT2D eigenvalue weighted by Gasteiger charge is 2.26. The van der Waals surface area contributed by atoms with E-state index in [0.29, 0.717) is 6.54 Å². The van der Waals surface area contributed by atoms with Crippen molar-refractivity contribution in [2.45, 2.75) is 25.5 Å². The van der Waals surface area contributed by atoms with Gasteiger partial charge in [0.25, 0.3) is 0 Å². The number of methoxy groups -OCH3 is 1. The summed E-state index contributed by atoms with van der Waals surface area (Å²) >= 11 is 0. The highest BCUT2D eigenvalue weighted by Crippen LogP contribution is 2.23. The van der Waals surface area contributed by atoms with Crippen LogP contribution in [-0.2, 0) is 9.53 Å². The third kappa shape index (κ3) is 4.25. The van der Waals surface area contributed by atoms with Crippen molar-refractivity contribution in [1.82, 2.24) is 5.32 Å². The molecule has 0 bridgehead atoms. The summed E-state index contributed by atoms with van der Waals surface area (Å²) in [4.78, 5) is 11.2. The van der Waals surface area contributed by atoms with Crippen molar-refractivity contribution in [3.05, 3.63) is 35.4 Å². The highest BCUT2D eigenvalue weighted by molar-refractivity contribution is 5.70. The van der Waals surface area contributed by atoms with Crippen LogP contribution in [0.25, 0.3) is 0 Å². The maximum Gasteiger partial charge on any atom is 0.307 e. The van der Waals surface area contributed by atoms with Crippen LogP contribution < -0.4 is 5.32 Å². The summed E-state index contributed by atoms with van der Waals surface area (Å²) in [6, 6.07) is 2.08. The van der Waals surface area contributed by atoms with E-state index >= 15 is 0 Å². The first kappa shape index (κ1) is 15.5. The fourth-order valence-electron chi connectivity index (χ4n) is 1.78. The van der Waals surface area contributed by atoms with Gasteiger partial charge < -0.3 is 15.2 Å². The van der Waals surface area contributed by atoms with E-state index in [1.807, 2.05) is 0 Å². The summed E-state index contributed by atoms with van der Waals surface area (Å²) in [5.41, 5.74) is -0.185. The van der Waals surface area contributed by atoms with Gasteiger partial charge in [-0.2, -0.15) is 0 Å². The summed E-state index contributed by atoms with van der Waals surface area (Å²) in [5, 5.41) is 12.9. The molecule has 0 heterocycles. The van der Waals surface area contributed by atoms with Gasteiger partial charge in [0.2, 0.25) is 0 Å². The highest BCUT2D eigenvalue weighted by atomic mass is 19.1. The van der Waals surface area contributed by atoms with Crippen LogP contribution in [0.4, 0.5) is 8.78 Å². The van der Waals surface area contributed by atoms with E-state index in [2.05, 4.69) is 10.1 Å². The Hall–Kier alpha value is -1.53. The molecule has 0 aliphatic heterocycles. The molecule has 0 amide bonds. The monoisotopic (exact) mass is 273 g/mol. The number of benzene rings is 1. The molecular weight excluding hydrogens is 256 g/mol. The van der Waals surface area contributed by atoms with Crippen molar-refractivity contribution in [2.24, 2.45) is 0 Å². The van der Waals surface area contributed by atoms with Crippen LogP contribution >= 0.6 is 0 Å². The van der Waals surface area contributed by atoms with Crippen molar-refractivity contribution in [2.75, 3.05) is 13.7 Å². The molecule has 4 nitrogen and oxygen atoms in total. The molecular formula is C13H17F2NO3. The SMILES string of the molecule is CCNC(CC(=O)OC)C(O)c1cc(F)ccc1F. The molecule has 2 atom stereocenters. The lowest BCUT2D eigenvalue weighted by atomic mass is 9.99. The zero-order valence-electron chi connectivity index (χ0n) is 10.8. The second-order valence-electron chi connectivity index (χ2n) is 4.06. The van der Waals surface area contributed by atoms with Crippen LogP contribution in [0.3, 0.4) is 0 Å². The Kier molecular flexibility index (Phi) is 5.85. The third-order valence-corrected chi connectivity index (χ3v) is 2.74. The average molecular weight is 273 g/mol. The van der Waals surface area contributed by atoms with Crippen LogP contribution in [-0.4, -0.2) is 30.8 Å². The maximum absolute atomic E-state index is 13.6. The first-order chi connectivity index (χ1) is 8.99. The van der Waals surface area contributed by atoms with Crippen molar-refractivity contribution in [3.8, 4) is 0 Å². The van der Waals surface area contributed by atoms with Gasteiger partial charge in [0.15, 0.2) is 0 Å². The van der Waals surface area contributed by atoms with E-state index in [9.17, 15) is 18.7 Å². The number of esters is 1. The Labute approximate surface area is 110 Å². The van der Waals surface area contributed by atoms with Crippen LogP contribution in [0.1, 0.15) is 25.0 Å². The number of carbonyl (C=O) groups excluding carboxylic acids is 1. The summed E-state index contributed by atoms with van der Waals surface area (Å²) in [6.07, 6.45) is -1.48. The number of carbonyl (C=O) groups is 1. The van der Waals surface area contributed by atoms with E-state index in [1.54, 1.807) is 6.92 Å². The quantitative estimate of drug-likeness (QED) is 0.772. The lowest BCUT2D eigenvalue weighted by Crippen LogP contribution is -2.37. The Bertz CT molecular complexity index is 440. The summed E-state index contributed by atoms with van der Waals surface area (Å²) in [6.45, 7) is 2.24. The number of aliphatic hydroxyl groups is 1. The molecule has 0 spiro atoms. The molecule has 6 heteroatoms. The molecule has 0 aliphatic rings. The summed E-state index contributed by atoms with van der Waals surface area (Å²) in [5.74, 6) is -1.91. The van der Waals surface area contributed by atoms with Crippen molar-refractivity contribution >= 4 is 5.97 Å². The molecule has 19 heavy (non-hydrogen) atoms. The number of nitrogens with one attached hydrogen (secondary N) is 1. The lowest BCUT2D eigenvalue weighted by molar-refractivity contribution is -0.142. The third-order valence-electron chi connectivity index (χ3n) is 2.74. The Morgan fingerprint density at radius 1 is 1.47 bits per heavy atom. The first-order valence-electron chi connectivity index (χ1n) is 5.92. The topological polar surface area (TPSA) is 58.6 Å². The number of aliphatic hydroxyl groups excluding tert-OH is 1. The smallest absolute Gasteiger partial charge is 0.307 e. The van der Waals surface area contributed by atoms with Crippen LogP contribution in [0.15, 0.2) is 18.2 Å². The number of hydrogen-bond acceptors (Lipinski definition) is 4. The van der Waals surface area contributed by atoms with Gasteiger partial charge >= 0.3 is 5.97 Å². The summed E-state index contributed by atoms with van der Waals surface area (Å²) < 4.78 is 31.2. The molecule has 2 unspecified atom stereocenters. The van der Waals surface area contributed by atoms with Gasteiger partial charge in [-0.25, -0.2) is 8.78 Å².